The highest BCUT2D eigenvalue weighted by atomic mass is 32.5. The summed E-state index contributed by atoms with van der Waals surface area (Å²) in [5, 5.41) is 0. The monoisotopic (exact) mass is 260 g/mol. The smallest absolute Gasteiger partial charge is 0.312 e. The van der Waals surface area contributed by atoms with Crippen molar-refractivity contribution in [2.45, 2.75) is 4.90 Å². The average Bonchev–Trinajstić information content (AvgIpc) is 2.38. The first-order valence-corrected chi connectivity index (χ1v) is 5.82. The maximum absolute atomic E-state index is 12.6. The Morgan fingerprint density at radius 3 is 2.31 bits per heavy atom. The number of anilines is 1. The largest absolute Gasteiger partial charge is 0.424 e. The Morgan fingerprint density at radius 1 is 1.12 bits per heavy atom. The molecule has 0 amide bonds. The number of nitrogen functional groups attached to an aromatic ring is 1. The summed E-state index contributed by atoms with van der Waals surface area (Å²) in [5.74, 6) is 0. The van der Waals surface area contributed by atoms with Crippen molar-refractivity contribution in [3.63, 3.8) is 0 Å². The molecule has 2 N–H and O–H groups in total. The van der Waals surface area contributed by atoms with Crippen LogP contribution in [0.5, 0.6) is 0 Å². The van der Waals surface area contributed by atoms with Crippen molar-refractivity contribution in [1.82, 2.24) is 4.98 Å². The van der Waals surface area contributed by atoms with Crippen LogP contribution in [0.3, 0.4) is 0 Å². The minimum absolute atomic E-state index is 0.256. The van der Waals surface area contributed by atoms with E-state index in [-0.39, 0.29) is 6.07 Å². The quantitative estimate of drug-likeness (QED) is 0.786. The topological polar surface area (TPSA) is 52.0 Å². The SMILES string of the molecule is Nc1nc2c(S(F)(F)(F)(F)F)cccc2o1. The van der Waals surface area contributed by atoms with Crippen LogP contribution in [0.25, 0.3) is 11.1 Å². The Bertz CT molecular complexity index is 575. The van der Waals surface area contributed by atoms with E-state index in [1.807, 2.05) is 0 Å². The number of aromatic nitrogens is 1. The van der Waals surface area contributed by atoms with Crippen molar-refractivity contribution in [3.8, 4) is 0 Å². The summed E-state index contributed by atoms with van der Waals surface area (Å²) in [7, 11) is -9.77. The molecule has 0 saturated carbocycles. The maximum Gasteiger partial charge on any atom is 0.312 e. The summed E-state index contributed by atoms with van der Waals surface area (Å²) < 4.78 is 67.4. The molecule has 90 valence electrons. The van der Waals surface area contributed by atoms with Crippen molar-refractivity contribution < 1.29 is 23.8 Å². The molecule has 0 atom stereocenters. The van der Waals surface area contributed by atoms with Crippen LogP contribution >= 0.6 is 10.2 Å². The molecule has 1 heterocycles. The highest BCUT2D eigenvalue weighted by molar-refractivity contribution is 8.46. The summed E-state index contributed by atoms with van der Waals surface area (Å²) in [4.78, 5) is 1.03. The number of benzene rings is 1. The number of halogens is 5. The molecule has 0 fully saturated rings. The Kier molecular flexibility index (Phi) is 1.55. The summed E-state index contributed by atoms with van der Waals surface area (Å²) in [6.07, 6.45) is 0. The number of hydrogen-bond donors (Lipinski definition) is 1. The van der Waals surface area contributed by atoms with Crippen LogP contribution in [-0.2, 0) is 0 Å². The third kappa shape index (κ3) is 1.77. The highest BCUT2D eigenvalue weighted by Gasteiger charge is 2.66. The van der Waals surface area contributed by atoms with E-state index in [0.29, 0.717) is 0 Å². The van der Waals surface area contributed by atoms with Crippen LogP contribution < -0.4 is 5.73 Å². The van der Waals surface area contributed by atoms with Crippen molar-refractivity contribution >= 4 is 27.3 Å². The molecule has 1 aromatic carbocycles. The molecular formula is C7H5F5N2OS. The van der Waals surface area contributed by atoms with Gasteiger partial charge in [-0.05, 0) is 12.1 Å². The van der Waals surface area contributed by atoms with Crippen molar-refractivity contribution in [2.24, 2.45) is 0 Å². The molecule has 0 aliphatic carbocycles. The van der Waals surface area contributed by atoms with E-state index in [1.165, 1.54) is 0 Å². The summed E-state index contributed by atoms with van der Waals surface area (Å²) in [5.41, 5.74) is 3.61. The standard InChI is InChI=1S/C7H5F5N2OS/c8-16(9,10,11,12)5-3-1-2-4-6(5)14-7(13)15-4/h1-3H,(H2,13,14). The number of para-hydroxylation sites is 1. The molecule has 9 heteroatoms. The van der Waals surface area contributed by atoms with Gasteiger partial charge in [0, 0.05) is 0 Å². The lowest BCUT2D eigenvalue weighted by Gasteiger charge is -2.40. The highest BCUT2D eigenvalue weighted by Crippen LogP contribution is 3.02. The van der Waals surface area contributed by atoms with Crippen LogP contribution in [0, 0.1) is 0 Å². The average molecular weight is 260 g/mol. The molecule has 16 heavy (non-hydrogen) atoms. The van der Waals surface area contributed by atoms with Crippen LogP contribution in [0.15, 0.2) is 27.5 Å². The lowest BCUT2D eigenvalue weighted by Crippen LogP contribution is -2.06. The predicted molar refractivity (Wildman–Crippen MR) is 49.8 cm³/mol. The number of fused-ring (bicyclic) bond motifs is 1. The lowest BCUT2D eigenvalue weighted by atomic mass is 10.3. The molecule has 0 aliphatic rings. The van der Waals surface area contributed by atoms with Gasteiger partial charge in [-0.2, -0.15) is 4.98 Å². The van der Waals surface area contributed by atoms with E-state index in [0.717, 1.165) is 12.1 Å². The van der Waals surface area contributed by atoms with Crippen LogP contribution in [-0.4, -0.2) is 4.98 Å². The fourth-order valence-electron chi connectivity index (χ4n) is 1.25. The molecule has 0 radical (unpaired) electrons. The number of hydrogen-bond acceptors (Lipinski definition) is 3. The predicted octanol–water partition coefficient (Wildman–Crippen LogP) is 4.07. The second-order valence-electron chi connectivity index (χ2n) is 3.12. The molecule has 1 aromatic heterocycles. The summed E-state index contributed by atoms with van der Waals surface area (Å²) >= 11 is 0. The molecule has 0 unspecified atom stereocenters. The number of nitrogens with two attached hydrogens (primary N) is 1. The van der Waals surface area contributed by atoms with Gasteiger partial charge >= 0.3 is 10.2 Å². The molecular weight excluding hydrogens is 255 g/mol. The van der Waals surface area contributed by atoms with Crippen LogP contribution in [0.1, 0.15) is 0 Å². The van der Waals surface area contributed by atoms with Gasteiger partial charge in [0.25, 0.3) is 6.01 Å². The lowest BCUT2D eigenvalue weighted by molar-refractivity contribution is 0.365. The molecule has 2 aromatic rings. The first kappa shape index (κ1) is 11.0. The molecule has 0 spiro atoms. The normalized spacial score (nSPS) is 17.1. The third-order valence-electron chi connectivity index (χ3n) is 1.81. The van der Waals surface area contributed by atoms with Gasteiger partial charge in [0.05, 0.1) is 0 Å². The van der Waals surface area contributed by atoms with E-state index in [1.54, 1.807) is 0 Å². The fourth-order valence-corrected chi connectivity index (χ4v) is 2.10. The number of nitrogens with zero attached hydrogens (tertiary/aromatic N) is 1. The van der Waals surface area contributed by atoms with E-state index >= 15 is 0 Å². The Labute approximate surface area is 85.8 Å². The van der Waals surface area contributed by atoms with Crippen LogP contribution in [0.2, 0.25) is 0 Å². The van der Waals surface area contributed by atoms with Crippen molar-refractivity contribution in [1.29, 1.82) is 0 Å². The van der Waals surface area contributed by atoms with Gasteiger partial charge in [0.15, 0.2) is 5.58 Å². The molecule has 0 aliphatic heterocycles. The second kappa shape index (κ2) is 2.26. The van der Waals surface area contributed by atoms with Gasteiger partial charge in [-0.15, -0.1) is 0 Å². The number of rotatable bonds is 1. The second-order valence-corrected chi connectivity index (χ2v) is 5.50. The molecule has 3 nitrogen and oxygen atoms in total. The van der Waals surface area contributed by atoms with E-state index in [4.69, 9.17) is 5.73 Å². The minimum Gasteiger partial charge on any atom is -0.424 e. The summed E-state index contributed by atoms with van der Waals surface area (Å²) in [6, 6.07) is 1.54. The van der Waals surface area contributed by atoms with E-state index in [9.17, 15) is 19.4 Å². The maximum atomic E-state index is 12.6. The first-order chi connectivity index (χ1) is 6.97. The number of oxazole rings is 1. The van der Waals surface area contributed by atoms with Crippen molar-refractivity contribution in [3.05, 3.63) is 18.2 Å². The zero-order chi connectivity index (χ0) is 12.3. The zero-order valence-corrected chi connectivity index (χ0v) is 8.28. The molecule has 2 rings (SSSR count). The van der Waals surface area contributed by atoms with E-state index in [2.05, 4.69) is 9.40 Å². The Hall–Kier alpha value is -1.51. The molecule has 0 saturated heterocycles. The van der Waals surface area contributed by atoms with Gasteiger partial charge in [0.2, 0.25) is 0 Å². The van der Waals surface area contributed by atoms with Gasteiger partial charge in [-0.1, -0.05) is 25.5 Å². The van der Waals surface area contributed by atoms with Gasteiger partial charge in [-0.25, -0.2) is 0 Å². The van der Waals surface area contributed by atoms with Gasteiger partial charge < -0.3 is 10.2 Å². The molecule has 0 bridgehead atoms. The van der Waals surface area contributed by atoms with Crippen LogP contribution in [0.4, 0.5) is 25.4 Å². The van der Waals surface area contributed by atoms with Crippen molar-refractivity contribution in [2.75, 3.05) is 5.73 Å². The van der Waals surface area contributed by atoms with Gasteiger partial charge in [-0.3, -0.25) is 0 Å². The van der Waals surface area contributed by atoms with E-state index < -0.39 is 32.2 Å². The Balaban J connectivity index is 2.91. The fraction of sp³-hybridized carbons (Fsp3) is 0. The Morgan fingerprint density at radius 2 is 1.75 bits per heavy atom. The summed E-state index contributed by atoms with van der Waals surface area (Å²) in [6.45, 7) is 0. The zero-order valence-electron chi connectivity index (χ0n) is 7.46. The minimum atomic E-state index is -9.77. The first-order valence-electron chi connectivity index (χ1n) is 3.86. The van der Waals surface area contributed by atoms with Gasteiger partial charge in [0.1, 0.15) is 10.4 Å². The third-order valence-corrected chi connectivity index (χ3v) is 2.97.